The molecule has 7 heteroatoms. The van der Waals surface area contributed by atoms with Crippen molar-refractivity contribution in [3.05, 3.63) is 47.0 Å². The van der Waals surface area contributed by atoms with Crippen molar-refractivity contribution in [1.29, 1.82) is 0 Å². The Labute approximate surface area is 155 Å². The van der Waals surface area contributed by atoms with Crippen molar-refractivity contribution in [2.75, 3.05) is 20.3 Å². The van der Waals surface area contributed by atoms with E-state index in [1.165, 1.54) is 11.1 Å². The molecule has 2 N–H and O–H groups in total. The fourth-order valence-electron chi connectivity index (χ4n) is 2.49. The lowest BCUT2D eigenvalue weighted by atomic mass is 10.1. The van der Waals surface area contributed by atoms with Crippen molar-refractivity contribution in [1.82, 2.24) is 25.4 Å². The van der Waals surface area contributed by atoms with Crippen LogP contribution >= 0.6 is 0 Å². The van der Waals surface area contributed by atoms with Crippen LogP contribution in [0.4, 0.5) is 0 Å². The van der Waals surface area contributed by atoms with Gasteiger partial charge in [0.25, 0.3) is 0 Å². The Morgan fingerprint density at radius 3 is 2.58 bits per heavy atom. The lowest BCUT2D eigenvalue weighted by molar-refractivity contribution is 0.203. The third kappa shape index (κ3) is 5.56. The van der Waals surface area contributed by atoms with E-state index in [-0.39, 0.29) is 6.04 Å². The van der Waals surface area contributed by atoms with E-state index >= 15 is 0 Å². The van der Waals surface area contributed by atoms with Gasteiger partial charge in [0.1, 0.15) is 12.4 Å². The average molecular weight is 358 g/mol. The van der Waals surface area contributed by atoms with Crippen molar-refractivity contribution in [2.45, 2.75) is 39.8 Å². The number of nitrogens with zero attached hydrogens (tertiary/aromatic N) is 4. The van der Waals surface area contributed by atoms with Gasteiger partial charge in [0, 0.05) is 20.7 Å². The van der Waals surface area contributed by atoms with E-state index in [1.54, 1.807) is 7.11 Å². The van der Waals surface area contributed by atoms with E-state index in [1.807, 2.05) is 18.5 Å². The summed E-state index contributed by atoms with van der Waals surface area (Å²) in [6.07, 6.45) is 1.05. The van der Waals surface area contributed by atoms with Gasteiger partial charge in [-0.05, 0) is 31.4 Å². The van der Waals surface area contributed by atoms with E-state index in [4.69, 9.17) is 4.74 Å². The van der Waals surface area contributed by atoms with E-state index in [2.05, 4.69) is 63.9 Å². The zero-order valence-corrected chi connectivity index (χ0v) is 16.4. The molecule has 142 valence electrons. The van der Waals surface area contributed by atoms with Gasteiger partial charge in [-0.1, -0.05) is 31.2 Å². The lowest BCUT2D eigenvalue weighted by Gasteiger charge is -2.19. The SMILES string of the molecule is CCc1ccc(C(C)NC(=NCc2nnc(C)n2C)NCCOC)cc1. The molecule has 0 aliphatic heterocycles. The van der Waals surface area contributed by atoms with Crippen LogP contribution in [0.25, 0.3) is 0 Å². The number of nitrogens with one attached hydrogen (secondary N) is 2. The molecule has 0 radical (unpaired) electrons. The quantitative estimate of drug-likeness (QED) is 0.429. The maximum Gasteiger partial charge on any atom is 0.192 e. The van der Waals surface area contributed by atoms with E-state index in [0.29, 0.717) is 19.7 Å². The number of aromatic nitrogens is 3. The second kappa shape index (κ2) is 9.91. The van der Waals surface area contributed by atoms with Crippen molar-refractivity contribution >= 4 is 5.96 Å². The highest BCUT2D eigenvalue weighted by atomic mass is 16.5. The van der Waals surface area contributed by atoms with Gasteiger partial charge in [-0.3, -0.25) is 0 Å². The van der Waals surface area contributed by atoms with Gasteiger partial charge in [-0.15, -0.1) is 10.2 Å². The summed E-state index contributed by atoms with van der Waals surface area (Å²) in [4.78, 5) is 4.65. The minimum Gasteiger partial charge on any atom is -0.383 e. The first kappa shape index (κ1) is 19.9. The van der Waals surface area contributed by atoms with Crippen molar-refractivity contribution in [3.8, 4) is 0 Å². The molecule has 7 nitrogen and oxygen atoms in total. The van der Waals surface area contributed by atoms with E-state index in [9.17, 15) is 0 Å². The summed E-state index contributed by atoms with van der Waals surface area (Å²) >= 11 is 0. The molecule has 2 aromatic rings. The van der Waals surface area contributed by atoms with Crippen LogP contribution in [-0.2, 0) is 24.8 Å². The Balaban J connectivity index is 2.06. The largest absolute Gasteiger partial charge is 0.383 e. The molecule has 1 aromatic carbocycles. The Bertz CT molecular complexity index is 707. The second-order valence-electron chi connectivity index (χ2n) is 6.27. The summed E-state index contributed by atoms with van der Waals surface area (Å²) in [5, 5.41) is 15.0. The third-order valence-electron chi connectivity index (χ3n) is 4.40. The predicted octanol–water partition coefficient (Wildman–Crippen LogP) is 2.13. The lowest BCUT2D eigenvalue weighted by Crippen LogP contribution is -2.40. The van der Waals surface area contributed by atoms with Crippen molar-refractivity contribution in [3.63, 3.8) is 0 Å². The molecule has 1 unspecified atom stereocenters. The van der Waals surface area contributed by atoms with Gasteiger partial charge in [0.15, 0.2) is 11.8 Å². The number of aliphatic imine (C=N–C) groups is 1. The highest BCUT2D eigenvalue weighted by molar-refractivity contribution is 5.80. The zero-order chi connectivity index (χ0) is 18.9. The minimum absolute atomic E-state index is 0.135. The third-order valence-corrected chi connectivity index (χ3v) is 4.40. The summed E-state index contributed by atoms with van der Waals surface area (Å²) in [6.45, 7) is 7.97. The van der Waals surface area contributed by atoms with Crippen LogP contribution in [0, 0.1) is 6.92 Å². The van der Waals surface area contributed by atoms with Crippen LogP contribution in [0.3, 0.4) is 0 Å². The monoisotopic (exact) mass is 358 g/mol. The number of ether oxygens (including phenoxy) is 1. The molecule has 0 bridgehead atoms. The fourth-order valence-corrected chi connectivity index (χ4v) is 2.49. The summed E-state index contributed by atoms with van der Waals surface area (Å²) in [5.41, 5.74) is 2.56. The standard InChI is InChI=1S/C19H30N6O/c1-6-16-7-9-17(10-8-16)14(2)22-19(20-11-12-26-5)21-13-18-24-23-15(3)25(18)4/h7-10,14H,6,11-13H2,1-5H3,(H2,20,21,22). The Hall–Kier alpha value is -2.41. The highest BCUT2D eigenvalue weighted by Gasteiger charge is 2.09. The smallest absolute Gasteiger partial charge is 0.192 e. The number of methoxy groups -OCH3 is 1. The minimum atomic E-state index is 0.135. The van der Waals surface area contributed by atoms with Gasteiger partial charge in [0.05, 0.1) is 12.6 Å². The Morgan fingerprint density at radius 2 is 2.00 bits per heavy atom. The van der Waals surface area contributed by atoms with Crippen LogP contribution in [0.1, 0.15) is 42.7 Å². The maximum atomic E-state index is 5.12. The molecule has 0 amide bonds. The molecule has 1 aromatic heterocycles. The summed E-state index contributed by atoms with van der Waals surface area (Å²) < 4.78 is 7.07. The Morgan fingerprint density at radius 1 is 1.27 bits per heavy atom. The molecular formula is C19H30N6O. The fraction of sp³-hybridized carbons (Fsp3) is 0.526. The molecule has 2 rings (SSSR count). The second-order valence-corrected chi connectivity index (χ2v) is 6.27. The van der Waals surface area contributed by atoms with Gasteiger partial charge >= 0.3 is 0 Å². The molecule has 0 aliphatic rings. The van der Waals surface area contributed by atoms with Gasteiger partial charge < -0.3 is 19.9 Å². The van der Waals surface area contributed by atoms with Crippen LogP contribution < -0.4 is 10.6 Å². The normalized spacial score (nSPS) is 12.9. The zero-order valence-electron chi connectivity index (χ0n) is 16.4. The average Bonchev–Trinajstić information content (AvgIpc) is 2.98. The van der Waals surface area contributed by atoms with Crippen molar-refractivity contribution < 1.29 is 4.74 Å². The van der Waals surface area contributed by atoms with Gasteiger partial charge in [-0.25, -0.2) is 4.99 Å². The number of guanidine groups is 1. The van der Waals surface area contributed by atoms with Crippen LogP contribution in [0.15, 0.2) is 29.3 Å². The molecule has 26 heavy (non-hydrogen) atoms. The first-order valence-corrected chi connectivity index (χ1v) is 9.02. The molecule has 0 spiro atoms. The Kier molecular flexibility index (Phi) is 7.59. The molecule has 1 atom stereocenters. The summed E-state index contributed by atoms with van der Waals surface area (Å²) in [5.74, 6) is 2.44. The number of benzene rings is 1. The van der Waals surface area contributed by atoms with Crippen LogP contribution in [0.5, 0.6) is 0 Å². The topological polar surface area (TPSA) is 76.4 Å². The maximum absolute atomic E-state index is 5.12. The van der Waals surface area contributed by atoms with E-state index < -0.39 is 0 Å². The first-order chi connectivity index (χ1) is 12.5. The van der Waals surface area contributed by atoms with Gasteiger partial charge in [-0.2, -0.15) is 0 Å². The molecule has 0 saturated carbocycles. The van der Waals surface area contributed by atoms with Gasteiger partial charge in [0.2, 0.25) is 0 Å². The first-order valence-electron chi connectivity index (χ1n) is 9.02. The summed E-state index contributed by atoms with van der Waals surface area (Å²) in [7, 11) is 3.63. The number of hydrogen-bond donors (Lipinski definition) is 2. The number of rotatable bonds is 8. The van der Waals surface area contributed by atoms with Crippen molar-refractivity contribution in [2.24, 2.45) is 12.0 Å². The molecular weight excluding hydrogens is 328 g/mol. The molecule has 0 aliphatic carbocycles. The molecule has 0 saturated heterocycles. The number of hydrogen-bond acceptors (Lipinski definition) is 4. The molecule has 0 fully saturated rings. The number of aryl methyl sites for hydroxylation is 2. The van der Waals surface area contributed by atoms with Crippen LogP contribution in [0.2, 0.25) is 0 Å². The summed E-state index contributed by atoms with van der Waals surface area (Å²) in [6, 6.07) is 8.80. The highest BCUT2D eigenvalue weighted by Crippen LogP contribution is 2.13. The molecule has 1 heterocycles. The van der Waals surface area contributed by atoms with E-state index in [0.717, 1.165) is 24.0 Å². The predicted molar refractivity (Wildman–Crippen MR) is 104 cm³/mol. The van der Waals surface area contributed by atoms with Crippen LogP contribution in [-0.4, -0.2) is 41.0 Å².